The molecule has 0 saturated carbocycles. The van der Waals surface area contributed by atoms with Crippen molar-refractivity contribution in [1.82, 2.24) is 19.7 Å². The number of thioether (sulfide) groups is 1. The molecule has 1 aliphatic heterocycles. The number of aryl methyl sites for hydroxylation is 1. The number of hydrogen-bond acceptors (Lipinski definition) is 5. The van der Waals surface area contributed by atoms with Crippen molar-refractivity contribution in [3.63, 3.8) is 0 Å². The minimum Gasteiger partial charge on any atom is -0.368 e. The molecule has 3 aromatic rings. The van der Waals surface area contributed by atoms with Gasteiger partial charge in [0.2, 0.25) is 5.91 Å². The number of amides is 1. The standard InChI is InChI=1S/C24H27N5OS/c1-3-12-29-23(20-9-7-8-19(2)17-20)25-26-24(29)31-18-22(30)28-15-13-27(14-16-28)21-10-5-4-6-11-21/h3-11,17H,1,12-16,18H2,2H3. The molecule has 0 radical (unpaired) electrons. The Kier molecular flexibility index (Phi) is 6.72. The number of carbonyl (C=O) groups excluding carboxylic acids is 1. The summed E-state index contributed by atoms with van der Waals surface area (Å²) >= 11 is 1.44. The quantitative estimate of drug-likeness (QED) is 0.418. The SMILES string of the molecule is C=CCn1c(SCC(=O)N2CCN(c3ccccc3)CC2)nnc1-c1cccc(C)c1. The molecule has 2 heterocycles. The van der Waals surface area contributed by atoms with E-state index < -0.39 is 0 Å². The van der Waals surface area contributed by atoms with Crippen LogP contribution in [0.5, 0.6) is 0 Å². The average Bonchev–Trinajstić information content (AvgIpc) is 3.21. The second kappa shape index (κ2) is 9.83. The lowest BCUT2D eigenvalue weighted by molar-refractivity contribution is -0.128. The molecule has 0 spiro atoms. The zero-order valence-electron chi connectivity index (χ0n) is 17.8. The molecule has 2 aromatic carbocycles. The van der Waals surface area contributed by atoms with E-state index in [0.717, 1.165) is 42.7 Å². The molecule has 1 amide bonds. The summed E-state index contributed by atoms with van der Waals surface area (Å²) in [6.45, 7) is 9.70. The highest BCUT2D eigenvalue weighted by atomic mass is 32.2. The number of hydrogen-bond donors (Lipinski definition) is 0. The summed E-state index contributed by atoms with van der Waals surface area (Å²) < 4.78 is 2.02. The molecule has 1 saturated heterocycles. The van der Waals surface area contributed by atoms with E-state index in [2.05, 4.69) is 52.9 Å². The zero-order chi connectivity index (χ0) is 21.6. The van der Waals surface area contributed by atoms with Gasteiger partial charge in [-0.15, -0.1) is 16.8 Å². The van der Waals surface area contributed by atoms with Gasteiger partial charge in [0.1, 0.15) is 0 Å². The Labute approximate surface area is 187 Å². The van der Waals surface area contributed by atoms with Crippen LogP contribution in [-0.4, -0.2) is 57.5 Å². The minimum atomic E-state index is 0.142. The molecule has 7 heteroatoms. The first-order valence-corrected chi connectivity index (χ1v) is 11.5. The lowest BCUT2D eigenvalue weighted by Gasteiger charge is -2.36. The largest absolute Gasteiger partial charge is 0.368 e. The number of allylic oxidation sites excluding steroid dienone is 1. The molecule has 0 aliphatic carbocycles. The van der Waals surface area contributed by atoms with Crippen LogP contribution in [0.2, 0.25) is 0 Å². The van der Waals surface area contributed by atoms with Gasteiger partial charge in [-0.3, -0.25) is 9.36 Å². The Morgan fingerprint density at radius 3 is 2.55 bits per heavy atom. The molecular formula is C24H27N5OS. The van der Waals surface area contributed by atoms with Crippen molar-refractivity contribution in [3.8, 4) is 11.4 Å². The summed E-state index contributed by atoms with van der Waals surface area (Å²) in [4.78, 5) is 17.1. The number of carbonyl (C=O) groups is 1. The van der Waals surface area contributed by atoms with Gasteiger partial charge in [-0.05, 0) is 25.1 Å². The van der Waals surface area contributed by atoms with Crippen LogP contribution in [0.4, 0.5) is 5.69 Å². The number of piperazine rings is 1. The number of aromatic nitrogens is 3. The van der Waals surface area contributed by atoms with Gasteiger partial charge in [-0.2, -0.15) is 0 Å². The first-order valence-electron chi connectivity index (χ1n) is 10.5. The molecule has 31 heavy (non-hydrogen) atoms. The summed E-state index contributed by atoms with van der Waals surface area (Å²) in [5, 5.41) is 9.49. The van der Waals surface area contributed by atoms with E-state index in [1.807, 2.05) is 45.9 Å². The third-order valence-corrected chi connectivity index (χ3v) is 6.33. The predicted molar refractivity (Wildman–Crippen MR) is 126 cm³/mol. The van der Waals surface area contributed by atoms with Gasteiger partial charge in [0.05, 0.1) is 5.75 Å². The Morgan fingerprint density at radius 1 is 1.06 bits per heavy atom. The van der Waals surface area contributed by atoms with E-state index in [0.29, 0.717) is 12.3 Å². The maximum absolute atomic E-state index is 12.8. The van der Waals surface area contributed by atoms with Crippen LogP contribution in [0.1, 0.15) is 5.56 Å². The number of rotatable bonds is 7. The Balaban J connectivity index is 1.38. The number of anilines is 1. The number of para-hydroxylation sites is 1. The van der Waals surface area contributed by atoms with E-state index in [1.165, 1.54) is 23.0 Å². The Morgan fingerprint density at radius 2 is 1.84 bits per heavy atom. The van der Waals surface area contributed by atoms with Crippen LogP contribution in [0.15, 0.2) is 72.4 Å². The van der Waals surface area contributed by atoms with Crippen molar-refractivity contribution >= 4 is 23.4 Å². The van der Waals surface area contributed by atoms with Gasteiger partial charge in [-0.1, -0.05) is 59.8 Å². The van der Waals surface area contributed by atoms with Gasteiger partial charge in [0.25, 0.3) is 0 Å². The van der Waals surface area contributed by atoms with E-state index in [9.17, 15) is 4.79 Å². The van der Waals surface area contributed by atoms with Crippen LogP contribution in [-0.2, 0) is 11.3 Å². The van der Waals surface area contributed by atoms with E-state index in [4.69, 9.17) is 0 Å². The molecular weight excluding hydrogens is 406 g/mol. The Hall–Kier alpha value is -3.06. The van der Waals surface area contributed by atoms with E-state index in [1.54, 1.807) is 0 Å². The summed E-state index contributed by atoms with van der Waals surface area (Å²) in [5.41, 5.74) is 3.40. The molecule has 0 unspecified atom stereocenters. The number of nitrogens with zero attached hydrogens (tertiary/aromatic N) is 5. The highest BCUT2D eigenvalue weighted by Crippen LogP contribution is 2.25. The first-order chi connectivity index (χ1) is 15.2. The van der Waals surface area contributed by atoms with E-state index >= 15 is 0 Å². The Bertz CT molecular complexity index is 1040. The van der Waals surface area contributed by atoms with Crippen molar-refractivity contribution < 1.29 is 4.79 Å². The number of benzene rings is 2. The molecule has 1 aromatic heterocycles. The van der Waals surface area contributed by atoms with Crippen LogP contribution < -0.4 is 4.90 Å². The smallest absolute Gasteiger partial charge is 0.233 e. The van der Waals surface area contributed by atoms with Crippen molar-refractivity contribution in [1.29, 1.82) is 0 Å². The molecule has 4 rings (SSSR count). The van der Waals surface area contributed by atoms with Gasteiger partial charge in [0, 0.05) is 44.0 Å². The van der Waals surface area contributed by atoms with Crippen LogP contribution in [0, 0.1) is 6.92 Å². The third-order valence-electron chi connectivity index (χ3n) is 5.38. The van der Waals surface area contributed by atoms with Crippen molar-refractivity contribution in [2.75, 3.05) is 36.8 Å². The fourth-order valence-corrected chi connectivity index (χ4v) is 4.61. The van der Waals surface area contributed by atoms with Gasteiger partial charge in [-0.25, -0.2) is 0 Å². The van der Waals surface area contributed by atoms with Gasteiger partial charge < -0.3 is 9.80 Å². The van der Waals surface area contributed by atoms with Gasteiger partial charge >= 0.3 is 0 Å². The lowest BCUT2D eigenvalue weighted by atomic mass is 10.1. The third kappa shape index (κ3) is 4.99. The van der Waals surface area contributed by atoms with Crippen LogP contribution in [0.3, 0.4) is 0 Å². The second-order valence-electron chi connectivity index (χ2n) is 7.57. The highest BCUT2D eigenvalue weighted by molar-refractivity contribution is 7.99. The lowest BCUT2D eigenvalue weighted by Crippen LogP contribution is -2.49. The predicted octanol–water partition coefficient (Wildman–Crippen LogP) is 3.88. The molecule has 160 valence electrons. The molecule has 1 fully saturated rings. The fraction of sp³-hybridized carbons (Fsp3) is 0.292. The minimum absolute atomic E-state index is 0.142. The van der Waals surface area contributed by atoms with Gasteiger partial charge in [0.15, 0.2) is 11.0 Å². The fourth-order valence-electron chi connectivity index (χ4n) is 3.76. The van der Waals surface area contributed by atoms with Crippen LogP contribution in [0.25, 0.3) is 11.4 Å². The summed E-state index contributed by atoms with van der Waals surface area (Å²) in [6.07, 6.45) is 1.83. The first kappa shape index (κ1) is 21.2. The van der Waals surface area contributed by atoms with Crippen LogP contribution >= 0.6 is 11.8 Å². The summed E-state index contributed by atoms with van der Waals surface area (Å²) in [7, 11) is 0. The maximum atomic E-state index is 12.8. The topological polar surface area (TPSA) is 54.3 Å². The molecule has 0 N–H and O–H groups in total. The second-order valence-corrected chi connectivity index (χ2v) is 8.51. The molecule has 0 bridgehead atoms. The van der Waals surface area contributed by atoms with Crippen molar-refractivity contribution in [3.05, 3.63) is 72.8 Å². The zero-order valence-corrected chi connectivity index (χ0v) is 18.6. The van der Waals surface area contributed by atoms with Crippen molar-refractivity contribution in [2.24, 2.45) is 0 Å². The maximum Gasteiger partial charge on any atom is 0.233 e. The summed E-state index contributed by atoms with van der Waals surface area (Å²) in [6, 6.07) is 18.6. The highest BCUT2D eigenvalue weighted by Gasteiger charge is 2.22. The summed E-state index contributed by atoms with van der Waals surface area (Å²) in [5.74, 6) is 1.30. The molecule has 1 aliphatic rings. The van der Waals surface area contributed by atoms with E-state index in [-0.39, 0.29) is 5.91 Å². The average molecular weight is 434 g/mol. The molecule has 0 atom stereocenters. The monoisotopic (exact) mass is 433 g/mol. The molecule has 6 nitrogen and oxygen atoms in total. The van der Waals surface area contributed by atoms with Crippen molar-refractivity contribution in [2.45, 2.75) is 18.6 Å². The normalized spacial score (nSPS) is 14.0.